The summed E-state index contributed by atoms with van der Waals surface area (Å²) < 4.78 is 0. The highest BCUT2D eigenvalue weighted by Gasteiger charge is 2.25. The van der Waals surface area contributed by atoms with Crippen molar-refractivity contribution in [3.63, 3.8) is 0 Å². The van der Waals surface area contributed by atoms with Crippen molar-refractivity contribution in [1.29, 1.82) is 0 Å². The van der Waals surface area contributed by atoms with E-state index in [-0.39, 0.29) is 17.8 Å². The summed E-state index contributed by atoms with van der Waals surface area (Å²) in [5.41, 5.74) is -0.479. The van der Waals surface area contributed by atoms with E-state index in [4.69, 9.17) is 0 Å². The van der Waals surface area contributed by atoms with E-state index in [1.54, 1.807) is 26.0 Å². The number of aliphatic hydroxyl groups is 1. The molecule has 1 heterocycles. The van der Waals surface area contributed by atoms with E-state index < -0.39 is 16.4 Å². The lowest BCUT2D eigenvalue weighted by molar-refractivity contribution is -0.384. The first-order valence-electron chi connectivity index (χ1n) is 6.60. The van der Waals surface area contributed by atoms with Gasteiger partial charge in [0.2, 0.25) is 0 Å². The highest BCUT2D eigenvalue weighted by molar-refractivity contribution is 7.10. The number of hydrogen-bond donors (Lipinski definition) is 2. The highest BCUT2D eigenvalue weighted by atomic mass is 32.1. The smallest absolute Gasteiger partial charge is 0.270 e. The van der Waals surface area contributed by atoms with Gasteiger partial charge in [0, 0.05) is 22.6 Å². The Hall–Kier alpha value is -2.25. The fraction of sp³-hybridized carbons (Fsp3) is 0.267. The van der Waals surface area contributed by atoms with Crippen LogP contribution in [-0.4, -0.2) is 22.5 Å². The lowest BCUT2D eigenvalue weighted by Crippen LogP contribution is -2.38. The summed E-state index contributed by atoms with van der Waals surface area (Å²) in [6, 6.07) is 7.80. The van der Waals surface area contributed by atoms with Crippen molar-refractivity contribution in [1.82, 2.24) is 5.32 Å². The van der Waals surface area contributed by atoms with Crippen molar-refractivity contribution < 1.29 is 14.8 Å². The molecule has 1 aromatic carbocycles. The number of nitrogens with one attached hydrogen (secondary N) is 1. The summed E-state index contributed by atoms with van der Waals surface area (Å²) in [4.78, 5) is 23.2. The lowest BCUT2D eigenvalue weighted by Gasteiger charge is -2.22. The summed E-state index contributed by atoms with van der Waals surface area (Å²) >= 11 is 1.40. The summed E-state index contributed by atoms with van der Waals surface area (Å²) in [6.45, 7) is 3.32. The minimum Gasteiger partial charge on any atom is -0.383 e. The third kappa shape index (κ3) is 3.69. The molecular formula is C15H16N2O4S. The molecule has 6 nitrogen and oxygen atoms in total. The second-order valence-electron chi connectivity index (χ2n) is 5.25. The van der Waals surface area contributed by atoms with Crippen molar-refractivity contribution >= 4 is 22.9 Å². The van der Waals surface area contributed by atoms with Gasteiger partial charge in [-0.15, -0.1) is 11.3 Å². The fourth-order valence-corrected chi connectivity index (χ4v) is 2.81. The molecule has 22 heavy (non-hydrogen) atoms. The van der Waals surface area contributed by atoms with E-state index in [1.165, 1.54) is 23.5 Å². The Balaban J connectivity index is 2.11. The molecule has 1 atom stereocenters. The van der Waals surface area contributed by atoms with E-state index in [0.29, 0.717) is 5.56 Å². The van der Waals surface area contributed by atoms with Gasteiger partial charge < -0.3 is 10.4 Å². The van der Waals surface area contributed by atoms with Crippen LogP contribution in [0.5, 0.6) is 0 Å². The predicted octanol–water partition coefficient (Wildman–Crippen LogP) is 2.60. The normalized spacial score (nSPS) is 13.4. The van der Waals surface area contributed by atoms with Gasteiger partial charge in [-0.1, -0.05) is 6.07 Å². The van der Waals surface area contributed by atoms with Crippen LogP contribution in [-0.2, 0) is 5.60 Å². The first-order chi connectivity index (χ1) is 10.3. The van der Waals surface area contributed by atoms with Gasteiger partial charge in [0.05, 0.1) is 11.5 Å². The molecule has 1 aromatic heterocycles. The first-order valence-corrected chi connectivity index (χ1v) is 7.48. The number of nitro benzene ring substituents is 1. The van der Waals surface area contributed by atoms with Gasteiger partial charge in [0.1, 0.15) is 5.60 Å². The molecule has 2 N–H and O–H groups in total. The topological polar surface area (TPSA) is 92.5 Å². The Bertz CT molecular complexity index is 696. The molecule has 1 unspecified atom stereocenters. The standard InChI is InChI=1S/C15H16N2O4S/c1-10-6-11(8-12(7-10)17(20)21)14(18)16-9-15(2,19)13-4-3-5-22-13/h3-8,19H,9H2,1-2H3,(H,16,18). The maximum atomic E-state index is 12.1. The number of rotatable bonds is 5. The Morgan fingerprint density at radius 1 is 1.45 bits per heavy atom. The molecule has 0 radical (unpaired) electrons. The van der Waals surface area contributed by atoms with Crippen LogP contribution in [0.15, 0.2) is 35.7 Å². The quantitative estimate of drug-likeness (QED) is 0.654. The lowest BCUT2D eigenvalue weighted by atomic mass is 10.0. The summed E-state index contributed by atoms with van der Waals surface area (Å²) in [7, 11) is 0. The van der Waals surface area contributed by atoms with E-state index >= 15 is 0 Å². The van der Waals surface area contributed by atoms with E-state index in [0.717, 1.165) is 4.88 Å². The summed E-state index contributed by atoms with van der Waals surface area (Å²) in [5, 5.41) is 25.6. The van der Waals surface area contributed by atoms with Crippen LogP contribution in [0.25, 0.3) is 0 Å². The molecule has 7 heteroatoms. The molecule has 0 bridgehead atoms. The number of non-ortho nitro benzene ring substituents is 1. The number of hydrogen-bond acceptors (Lipinski definition) is 5. The molecule has 2 rings (SSSR count). The monoisotopic (exact) mass is 320 g/mol. The number of aryl methyl sites for hydroxylation is 1. The number of carbonyl (C=O) groups is 1. The first kappa shape index (κ1) is 16.1. The number of nitrogens with zero attached hydrogens (tertiary/aromatic N) is 1. The maximum absolute atomic E-state index is 12.1. The van der Waals surface area contributed by atoms with Gasteiger partial charge in [-0.3, -0.25) is 14.9 Å². The Morgan fingerprint density at radius 3 is 2.77 bits per heavy atom. The van der Waals surface area contributed by atoms with Crippen LogP contribution in [0.1, 0.15) is 27.7 Å². The zero-order chi connectivity index (χ0) is 16.3. The van der Waals surface area contributed by atoms with Crippen molar-refractivity contribution in [2.45, 2.75) is 19.4 Å². The third-order valence-electron chi connectivity index (χ3n) is 3.18. The largest absolute Gasteiger partial charge is 0.383 e. The molecule has 0 aliphatic heterocycles. The predicted molar refractivity (Wildman–Crippen MR) is 84.1 cm³/mol. The molecule has 1 amide bonds. The van der Waals surface area contributed by atoms with E-state index in [1.807, 2.05) is 11.4 Å². The van der Waals surface area contributed by atoms with E-state index in [2.05, 4.69) is 5.32 Å². The van der Waals surface area contributed by atoms with Gasteiger partial charge in [0.25, 0.3) is 11.6 Å². The molecule has 0 saturated carbocycles. The molecule has 0 saturated heterocycles. The van der Waals surface area contributed by atoms with Crippen molar-refractivity contribution in [3.8, 4) is 0 Å². The number of carbonyl (C=O) groups excluding carboxylic acids is 1. The minimum atomic E-state index is -1.18. The zero-order valence-electron chi connectivity index (χ0n) is 12.2. The molecule has 0 spiro atoms. The molecular weight excluding hydrogens is 304 g/mol. The van der Waals surface area contributed by atoms with Crippen LogP contribution in [0, 0.1) is 17.0 Å². The zero-order valence-corrected chi connectivity index (χ0v) is 13.0. The molecule has 2 aromatic rings. The molecule has 0 aliphatic rings. The van der Waals surface area contributed by atoms with E-state index in [9.17, 15) is 20.0 Å². The van der Waals surface area contributed by atoms with Gasteiger partial charge in [-0.05, 0) is 36.9 Å². The van der Waals surface area contributed by atoms with Crippen molar-refractivity contribution in [2.24, 2.45) is 0 Å². The number of thiophene rings is 1. The van der Waals surface area contributed by atoms with Crippen molar-refractivity contribution in [3.05, 3.63) is 61.8 Å². The second kappa shape index (κ2) is 6.25. The fourth-order valence-electron chi connectivity index (χ4n) is 2.03. The summed E-state index contributed by atoms with van der Waals surface area (Å²) in [6.07, 6.45) is 0. The molecule has 0 aliphatic carbocycles. The van der Waals surface area contributed by atoms with Crippen LogP contribution in [0.3, 0.4) is 0 Å². The average Bonchev–Trinajstić information content (AvgIpc) is 2.99. The van der Waals surface area contributed by atoms with Crippen LogP contribution < -0.4 is 5.32 Å². The Kier molecular flexibility index (Phi) is 4.58. The SMILES string of the molecule is Cc1cc(C(=O)NCC(C)(O)c2cccs2)cc([N+](=O)[O-])c1. The number of nitro groups is 1. The van der Waals surface area contributed by atoms with Gasteiger partial charge >= 0.3 is 0 Å². The van der Waals surface area contributed by atoms with Gasteiger partial charge in [-0.2, -0.15) is 0 Å². The van der Waals surface area contributed by atoms with Gasteiger partial charge in [-0.25, -0.2) is 0 Å². The Morgan fingerprint density at radius 2 is 2.18 bits per heavy atom. The Labute approximate surface area is 131 Å². The molecule has 116 valence electrons. The maximum Gasteiger partial charge on any atom is 0.270 e. The van der Waals surface area contributed by atoms with Crippen LogP contribution >= 0.6 is 11.3 Å². The van der Waals surface area contributed by atoms with Crippen LogP contribution in [0.2, 0.25) is 0 Å². The minimum absolute atomic E-state index is 0.0219. The highest BCUT2D eigenvalue weighted by Crippen LogP contribution is 2.24. The second-order valence-corrected chi connectivity index (χ2v) is 6.20. The molecule has 0 fully saturated rings. The van der Waals surface area contributed by atoms with Crippen LogP contribution in [0.4, 0.5) is 5.69 Å². The average molecular weight is 320 g/mol. The third-order valence-corrected chi connectivity index (χ3v) is 4.30. The van der Waals surface area contributed by atoms with Crippen molar-refractivity contribution in [2.75, 3.05) is 6.54 Å². The number of benzene rings is 1. The van der Waals surface area contributed by atoms with Gasteiger partial charge in [0.15, 0.2) is 0 Å². The summed E-state index contributed by atoms with van der Waals surface area (Å²) in [5.74, 6) is -0.455. The number of amides is 1.